The molecule has 0 aliphatic rings. The Morgan fingerprint density at radius 1 is 1.29 bits per heavy atom. The predicted molar refractivity (Wildman–Crippen MR) is 68.2 cm³/mol. The minimum Gasteiger partial charge on any atom is -0.349 e. The molecule has 6 heteroatoms. The highest BCUT2D eigenvalue weighted by Crippen LogP contribution is 2.16. The molecule has 0 saturated carbocycles. The normalized spacial score (nSPS) is 10.7. The fraction of sp³-hybridized carbons (Fsp3) is 0.545. The van der Waals surface area contributed by atoms with Crippen LogP contribution in [0.25, 0.3) is 0 Å². The SMILES string of the molecule is CC(C)NC(=O)c1csc(NC(=O)C(C)C)n1. The van der Waals surface area contributed by atoms with E-state index in [1.165, 1.54) is 11.3 Å². The number of thiazole rings is 1. The molecular formula is C11H17N3O2S. The number of hydrogen-bond acceptors (Lipinski definition) is 4. The van der Waals surface area contributed by atoms with E-state index in [-0.39, 0.29) is 23.8 Å². The van der Waals surface area contributed by atoms with Crippen molar-refractivity contribution in [1.82, 2.24) is 10.3 Å². The number of hydrogen-bond donors (Lipinski definition) is 2. The van der Waals surface area contributed by atoms with Crippen molar-refractivity contribution in [2.75, 3.05) is 5.32 Å². The first-order chi connectivity index (χ1) is 7.90. The first-order valence-corrected chi connectivity index (χ1v) is 6.35. The van der Waals surface area contributed by atoms with Crippen molar-refractivity contribution in [2.45, 2.75) is 33.7 Å². The molecule has 5 nitrogen and oxygen atoms in total. The molecule has 0 bridgehead atoms. The Morgan fingerprint density at radius 2 is 1.94 bits per heavy atom. The van der Waals surface area contributed by atoms with Gasteiger partial charge in [-0.3, -0.25) is 9.59 Å². The third kappa shape index (κ3) is 4.14. The molecule has 0 aliphatic heterocycles. The topological polar surface area (TPSA) is 71.1 Å². The Labute approximate surface area is 105 Å². The highest BCUT2D eigenvalue weighted by atomic mass is 32.1. The summed E-state index contributed by atoms with van der Waals surface area (Å²) in [6.45, 7) is 7.36. The largest absolute Gasteiger partial charge is 0.349 e. The molecule has 0 spiro atoms. The third-order valence-electron chi connectivity index (χ3n) is 1.91. The quantitative estimate of drug-likeness (QED) is 0.863. The van der Waals surface area contributed by atoms with E-state index in [4.69, 9.17) is 0 Å². The molecule has 17 heavy (non-hydrogen) atoms. The molecule has 0 unspecified atom stereocenters. The van der Waals surface area contributed by atoms with E-state index < -0.39 is 0 Å². The van der Waals surface area contributed by atoms with Gasteiger partial charge in [-0.2, -0.15) is 0 Å². The van der Waals surface area contributed by atoms with Gasteiger partial charge < -0.3 is 10.6 Å². The van der Waals surface area contributed by atoms with Gasteiger partial charge in [0.2, 0.25) is 5.91 Å². The first-order valence-electron chi connectivity index (χ1n) is 5.47. The Bertz CT molecular complexity index is 413. The summed E-state index contributed by atoms with van der Waals surface area (Å²) in [6, 6.07) is 0.0675. The summed E-state index contributed by atoms with van der Waals surface area (Å²) in [7, 11) is 0. The zero-order valence-electron chi connectivity index (χ0n) is 10.4. The van der Waals surface area contributed by atoms with Crippen molar-refractivity contribution in [2.24, 2.45) is 5.92 Å². The summed E-state index contributed by atoms with van der Waals surface area (Å²) < 4.78 is 0. The Balaban J connectivity index is 2.65. The summed E-state index contributed by atoms with van der Waals surface area (Å²) in [6.07, 6.45) is 0. The lowest BCUT2D eigenvalue weighted by Crippen LogP contribution is -2.30. The minimum atomic E-state index is -0.221. The lowest BCUT2D eigenvalue weighted by atomic mass is 10.2. The van der Waals surface area contributed by atoms with Crippen LogP contribution in [0, 0.1) is 5.92 Å². The first kappa shape index (κ1) is 13.6. The van der Waals surface area contributed by atoms with Crippen molar-refractivity contribution in [3.63, 3.8) is 0 Å². The Morgan fingerprint density at radius 3 is 2.47 bits per heavy atom. The second kappa shape index (κ2) is 5.77. The van der Waals surface area contributed by atoms with Gasteiger partial charge >= 0.3 is 0 Å². The van der Waals surface area contributed by atoms with Crippen LogP contribution < -0.4 is 10.6 Å². The predicted octanol–water partition coefficient (Wildman–Crippen LogP) is 1.88. The highest BCUT2D eigenvalue weighted by molar-refractivity contribution is 7.14. The van der Waals surface area contributed by atoms with Crippen molar-refractivity contribution >= 4 is 28.3 Å². The van der Waals surface area contributed by atoms with Crippen LogP contribution in [0.3, 0.4) is 0 Å². The smallest absolute Gasteiger partial charge is 0.271 e. The Hall–Kier alpha value is -1.43. The summed E-state index contributed by atoms with van der Waals surface area (Å²) in [4.78, 5) is 27.1. The van der Waals surface area contributed by atoms with Gasteiger partial charge in [0, 0.05) is 17.3 Å². The average molecular weight is 255 g/mol. The van der Waals surface area contributed by atoms with Crippen LogP contribution in [0.2, 0.25) is 0 Å². The Kier molecular flexibility index (Phi) is 4.62. The number of aromatic nitrogens is 1. The lowest BCUT2D eigenvalue weighted by molar-refractivity contribution is -0.118. The molecule has 1 heterocycles. The molecule has 94 valence electrons. The van der Waals surface area contributed by atoms with Crippen molar-refractivity contribution in [3.05, 3.63) is 11.1 Å². The zero-order chi connectivity index (χ0) is 13.0. The lowest BCUT2D eigenvalue weighted by Gasteiger charge is -2.05. The summed E-state index contributed by atoms with van der Waals surface area (Å²) >= 11 is 1.25. The van der Waals surface area contributed by atoms with Gasteiger partial charge in [0.25, 0.3) is 5.91 Å². The molecule has 0 saturated heterocycles. The van der Waals surface area contributed by atoms with E-state index in [1.54, 1.807) is 19.2 Å². The summed E-state index contributed by atoms with van der Waals surface area (Å²) in [5.74, 6) is -0.427. The number of anilines is 1. The van der Waals surface area contributed by atoms with E-state index >= 15 is 0 Å². The molecule has 0 aliphatic carbocycles. The molecule has 0 aromatic carbocycles. The molecule has 0 radical (unpaired) electrons. The van der Waals surface area contributed by atoms with Crippen LogP contribution in [0.5, 0.6) is 0 Å². The van der Waals surface area contributed by atoms with E-state index in [9.17, 15) is 9.59 Å². The zero-order valence-corrected chi connectivity index (χ0v) is 11.2. The van der Waals surface area contributed by atoms with Crippen molar-refractivity contribution in [1.29, 1.82) is 0 Å². The summed E-state index contributed by atoms with van der Waals surface area (Å²) in [5.41, 5.74) is 0.336. The average Bonchev–Trinajstić information content (AvgIpc) is 2.65. The van der Waals surface area contributed by atoms with Crippen molar-refractivity contribution < 1.29 is 9.59 Å². The number of rotatable bonds is 4. The van der Waals surface area contributed by atoms with Crippen LogP contribution in [0.4, 0.5) is 5.13 Å². The number of carbonyl (C=O) groups excluding carboxylic acids is 2. The number of amides is 2. The molecule has 1 aromatic heterocycles. The number of carbonyl (C=O) groups is 2. The van der Waals surface area contributed by atoms with E-state index in [2.05, 4.69) is 15.6 Å². The molecule has 1 aromatic rings. The summed E-state index contributed by atoms with van der Waals surface area (Å²) in [5, 5.41) is 7.49. The molecule has 0 atom stereocenters. The maximum absolute atomic E-state index is 11.6. The molecule has 2 N–H and O–H groups in total. The molecule has 1 rings (SSSR count). The van der Waals surface area contributed by atoms with Gasteiger partial charge in [0.1, 0.15) is 5.69 Å². The molecule has 0 fully saturated rings. The maximum Gasteiger partial charge on any atom is 0.271 e. The van der Waals surface area contributed by atoms with Gasteiger partial charge in [-0.1, -0.05) is 13.8 Å². The molecule has 2 amide bonds. The third-order valence-corrected chi connectivity index (χ3v) is 2.67. The van der Waals surface area contributed by atoms with Gasteiger partial charge in [-0.05, 0) is 13.8 Å². The van der Waals surface area contributed by atoms with Crippen LogP contribution in [-0.4, -0.2) is 22.8 Å². The monoisotopic (exact) mass is 255 g/mol. The molecular weight excluding hydrogens is 238 g/mol. The number of nitrogens with zero attached hydrogens (tertiary/aromatic N) is 1. The van der Waals surface area contributed by atoms with Crippen molar-refractivity contribution in [3.8, 4) is 0 Å². The van der Waals surface area contributed by atoms with Crippen LogP contribution in [0.1, 0.15) is 38.2 Å². The van der Waals surface area contributed by atoms with Gasteiger partial charge in [-0.15, -0.1) is 11.3 Å². The van der Waals surface area contributed by atoms with E-state index in [0.717, 1.165) is 0 Å². The number of nitrogens with one attached hydrogen (secondary N) is 2. The standard InChI is InChI=1S/C11H17N3O2S/c1-6(2)9(15)14-11-13-8(5-17-11)10(16)12-7(3)4/h5-7H,1-4H3,(H,12,16)(H,13,14,15). The van der Waals surface area contributed by atoms with Crippen LogP contribution in [-0.2, 0) is 4.79 Å². The van der Waals surface area contributed by atoms with E-state index in [0.29, 0.717) is 10.8 Å². The minimum absolute atomic E-state index is 0.0675. The second-order valence-electron chi connectivity index (χ2n) is 4.31. The fourth-order valence-corrected chi connectivity index (χ4v) is 1.71. The van der Waals surface area contributed by atoms with E-state index in [1.807, 2.05) is 13.8 Å². The van der Waals surface area contributed by atoms with Crippen LogP contribution >= 0.6 is 11.3 Å². The fourth-order valence-electron chi connectivity index (χ4n) is 1.02. The van der Waals surface area contributed by atoms with Gasteiger partial charge in [0.15, 0.2) is 5.13 Å². The van der Waals surface area contributed by atoms with Gasteiger partial charge in [-0.25, -0.2) is 4.98 Å². The second-order valence-corrected chi connectivity index (χ2v) is 5.17. The maximum atomic E-state index is 11.6. The van der Waals surface area contributed by atoms with Gasteiger partial charge in [0.05, 0.1) is 0 Å². The van der Waals surface area contributed by atoms with Crippen LogP contribution in [0.15, 0.2) is 5.38 Å². The highest BCUT2D eigenvalue weighted by Gasteiger charge is 2.14.